The van der Waals surface area contributed by atoms with Crippen LogP contribution in [-0.2, 0) is 16.4 Å². The molecule has 14 heteroatoms. The second kappa shape index (κ2) is 14.7. The van der Waals surface area contributed by atoms with Gasteiger partial charge in [0.05, 0.1) is 19.5 Å². The number of nitrogens with zero attached hydrogens (tertiary/aromatic N) is 5. The normalized spacial score (nSPS) is 15.2. The van der Waals surface area contributed by atoms with Gasteiger partial charge in [0.1, 0.15) is 23.0 Å². The fourth-order valence-electron chi connectivity index (χ4n) is 3.51. The van der Waals surface area contributed by atoms with E-state index in [4.69, 9.17) is 14.6 Å². The molecule has 0 bridgehead atoms. The molecule has 3 N–H and O–H groups in total. The Morgan fingerprint density at radius 2 is 1.74 bits per heavy atom. The predicted octanol–water partition coefficient (Wildman–Crippen LogP) is 3.05. The number of hydrogen-bond donors (Lipinski definition) is 3. The van der Waals surface area contributed by atoms with Gasteiger partial charge in [0.25, 0.3) is 0 Å². The summed E-state index contributed by atoms with van der Waals surface area (Å²) in [6, 6.07) is 5.32. The number of hydrogen-bond acceptors (Lipinski definition) is 12. The SMILES string of the molecule is CC.CO.COc1cccc(OC)c1N1C(c2nc(C)cs2)=NNC1NS(=O)(=O)[C@H](C)Cc1ncc(C)cn1.[HH]. The zero-order valence-corrected chi connectivity index (χ0v) is 25.1. The highest BCUT2D eigenvalue weighted by atomic mass is 32.2. The van der Waals surface area contributed by atoms with Gasteiger partial charge in [-0.3, -0.25) is 10.3 Å². The molecule has 0 spiro atoms. The van der Waals surface area contributed by atoms with Gasteiger partial charge in [0.15, 0.2) is 17.1 Å². The van der Waals surface area contributed by atoms with Crippen LogP contribution in [0.4, 0.5) is 5.69 Å². The number of aromatic nitrogens is 3. The first-order chi connectivity index (χ1) is 18.7. The number of ether oxygens (including phenoxy) is 2. The van der Waals surface area contributed by atoms with Crippen molar-refractivity contribution in [1.29, 1.82) is 0 Å². The molecule has 3 aromatic rings. The summed E-state index contributed by atoms with van der Waals surface area (Å²) in [4.78, 5) is 14.7. The van der Waals surface area contributed by atoms with Crippen molar-refractivity contribution in [1.82, 2.24) is 25.1 Å². The number of aliphatic hydroxyl groups is 1. The summed E-state index contributed by atoms with van der Waals surface area (Å²) in [6.45, 7) is 9.37. The van der Waals surface area contributed by atoms with Crippen LogP contribution in [0.3, 0.4) is 0 Å². The quantitative estimate of drug-likeness (QED) is 0.344. The van der Waals surface area contributed by atoms with Crippen LogP contribution < -0.4 is 24.5 Å². The molecular weight excluding hydrogens is 542 g/mol. The summed E-state index contributed by atoms with van der Waals surface area (Å²) in [5, 5.41) is 13.1. The van der Waals surface area contributed by atoms with Gasteiger partial charge in [-0.25, -0.2) is 23.4 Å². The number of methoxy groups -OCH3 is 2. The Balaban J connectivity index is 0.00000153. The van der Waals surface area contributed by atoms with Crippen molar-refractivity contribution in [3.05, 3.63) is 58.1 Å². The molecular formula is C25H39N7O5S2. The first kappa shape index (κ1) is 31.9. The minimum Gasteiger partial charge on any atom is -0.494 e. The number of aliphatic hydroxyl groups excluding tert-OH is 1. The van der Waals surface area contributed by atoms with Crippen molar-refractivity contribution in [2.45, 2.75) is 52.6 Å². The Bertz CT molecular complexity index is 1320. The largest absolute Gasteiger partial charge is 0.494 e. The van der Waals surface area contributed by atoms with Crippen LogP contribution in [0.1, 0.15) is 44.3 Å². The van der Waals surface area contributed by atoms with Crippen LogP contribution in [0.5, 0.6) is 11.5 Å². The zero-order valence-electron chi connectivity index (χ0n) is 23.5. The van der Waals surface area contributed by atoms with E-state index in [1.165, 1.54) is 25.6 Å². The molecule has 2 aromatic heterocycles. The summed E-state index contributed by atoms with van der Waals surface area (Å²) in [6.07, 6.45) is 2.53. The standard InChI is InChI=1S/C22H27N7O4S2.C2H6.CH4O.H2/c1-13-10-23-18(24-11-13)9-15(3)35(30,31)28-22-27-26-20(21-25-14(2)12-34-21)29(22)19-16(32-4)7-6-8-17(19)33-5;2*1-2;/h6-8,10-12,15,22,27-28H,9H2,1-5H3;1-2H3;2H,1H3;1H/t15-,22?;;;/m1.../s1. The summed E-state index contributed by atoms with van der Waals surface area (Å²) < 4.78 is 40.6. The lowest BCUT2D eigenvalue weighted by atomic mass is 10.2. The van der Waals surface area contributed by atoms with E-state index in [0.717, 1.165) is 18.4 Å². The molecule has 0 saturated carbocycles. The second-order valence-electron chi connectivity index (χ2n) is 8.00. The lowest BCUT2D eigenvalue weighted by Crippen LogP contribution is -2.54. The van der Waals surface area contributed by atoms with E-state index < -0.39 is 21.6 Å². The molecule has 1 unspecified atom stereocenters. The van der Waals surface area contributed by atoms with Crippen molar-refractivity contribution in [3.63, 3.8) is 0 Å². The van der Waals surface area contributed by atoms with Crippen molar-refractivity contribution >= 4 is 32.9 Å². The minimum absolute atomic E-state index is 0. The van der Waals surface area contributed by atoms with E-state index in [1.807, 2.05) is 33.1 Å². The van der Waals surface area contributed by atoms with E-state index >= 15 is 0 Å². The van der Waals surface area contributed by atoms with E-state index in [2.05, 4.69) is 30.2 Å². The number of aryl methyl sites for hydroxylation is 2. The van der Waals surface area contributed by atoms with Crippen LogP contribution in [0.25, 0.3) is 0 Å². The molecule has 1 aliphatic rings. The van der Waals surface area contributed by atoms with E-state index in [9.17, 15) is 8.42 Å². The van der Waals surface area contributed by atoms with Crippen LogP contribution in [-0.4, -0.2) is 67.2 Å². The maximum atomic E-state index is 13.3. The highest BCUT2D eigenvalue weighted by Crippen LogP contribution is 2.40. The van der Waals surface area contributed by atoms with Crippen LogP contribution in [0.2, 0.25) is 0 Å². The first-order valence-electron chi connectivity index (χ1n) is 12.2. The summed E-state index contributed by atoms with van der Waals surface area (Å²) in [7, 11) is 0.235. The molecule has 4 rings (SSSR count). The number of hydrazone groups is 1. The van der Waals surface area contributed by atoms with Crippen LogP contribution >= 0.6 is 11.3 Å². The molecule has 0 amide bonds. The first-order valence-corrected chi connectivity index (χ1v) is 14.7. The maximum Gasteiger partial charge on any atom is 0.217 e. The number of nitrogens with one attached hydrogen (secondary N) is 2. The van der Waals surface area contributed by atoms with Crippen molar-refractivity contribution in [3.8, 4) is 11.5 Å². The summed E-state index contributed by atoms with van der Waals surface area (Å²) in [5.74, 6) is 1.86. The lowest BCUT2D eigenvalue weighted by Gasteiger charge is -2.30. The summed E-state index contributed by atoms with van der Waals surface area (Å²) in [5.41, 5.74) is 5.14. The van der Waals surface area contributed by atoms with Gasteiger partial charge in [-0.1, -0.05) is 19.9 Å². The second-order valence-corrected chi connectivity index (χ2v) is 11.0. The molecule has 1 aromatic carbocycles. The summed E-state index contributed by atoms with van der Waals surface area (Å²) >= 11 is 1.40. The van der Waals surface area contributed by atoms with Crippen LogP contribution in [0, 0.1) is 13.8 Å². The highest BCUT2D eigenvalue weighted by molar-refractivity contribution is 7.90. The predicted molar refractivity (Wildman–Crippen MR) is 156 cm³/mol. The van der Waals surface area contributed by atoms with Gasteiger partial charge in [0, 0.05) is 38.4 Å². The van der Waals surface area contributed by atoms with Crippen molar-refractivity contribution < 1.29 is 24.4 Å². The van der Waals surface area contributed by atoms with Crippen molar-refractivity contribution in [2.75, 3.05) is 26.2 Å². The molecule has 12 nitrogen and oxygen atoms in total. The number of benzene rings is 1. The molecule has 39 heavy (non-hydrogen) atoms. The van der Waals surface area contributed by atoms with Gasteiger partial charge < -0.3 is 14.6 Å². The average Bonchev–Trinajstić information content (AvgIpc) is 3.56. The Hall–Kier alpha value is -3.33. The smallest absolute Gasteiger partial charge is 0.217 e. The lowest BCUT2D eigenvalue weighted by molar-refractivity contribution is 0.392. The monoisotopic (exact) mass is 581 g/mol. The van der Waals surface area contributed by atoms with Gasteiger partial charge in [-0.05, 0) is 38.5 Å². The third kappa shape index (κ3) is 7.62. The molecule has 0 radical (unpaired) electrons. The van der Waals surface area contributed by atoms with Crippen LogP contribution in [0.15, 0.2) is 41.1 Å². The highest BCUT2D eigenvalue weighted by Gasteiger charge is 2.39. The maximum absolute atomic E-state index is 13.3. The number of rotatable bonds is 9. The van der Waals surface area contributed by atoms with E-state index in [-0.39, 0.29) is 7.85 Å². The third-order valence-corrected chi connectivity index (χ3v) is 8.08. The van der Waals surface area contributed by atoms with Gasteiger partial charge in [0.2, 0.25) is 10.0 Å². The van der Waals surface area contributed by atoms with Gasteiger partial charge >= 0.3 is 0 Å². The molecule has 1 aliphatic heterocycles. The van der Waals surface area contributed by atoms with Gasteiger partial charge in [-0.15, -0.1) is 11.3 Å². The Kier molecular flexibility index (Phi) is 12.0. The Labute approximate surface area is 235 Å². The molecule has 2 atom stereocenters. The molecule has 0 saturated heterocycles. The molecule has 216 valence electrons. The number of amidine groups is 1. The van der Waals surface area contributed by atoms with E-state index in [1.54, 1.807) is 42.4 Å². The topological polar surface area (TPSA) is 151 Å². The minimum atomic E-state index is -3.84. The number of thiazole rings is 1. The molecule has 0 aliphatic carbocycles. The fourth-order valence-corrected chi connectivity index (χ4v) is 5.36. The fraction of sp³-hybridized carbons (Fsp3) is 0.440. The zero-order chi connectivity index (χ0) is 29.2. The van der Waals surface area contributed by atoms with Crippen molar-refractivity contribution in [2.24, 2.45) is 5.10 Å². The van der Waals surface area contributed by atoms with Gasteiger partial charge in [-0.2, -0.15) is 9.82 Å². The Morgan fingerprint density at radius 3 is 2.26 bits per heavy atom. The number of para-hydroxylation sites is 1. The third-order valence-electron chi connectivity index (χ3n) is 5.34. The molecule has 3 heterocycles. The molecule has 0 fully saturated rings. The Morgan fingerprint density at radius 1 is 1.15 bits per heavy atom. The number of sulfonamides is 1. The average molecular weight is 582 g/mol. The number of anilines is 1. The van der Waals surface area contributed by atoms with E-state index in [0.29, 0.717) is 33.9 Å².